The Kier molecular flexibility index (Phi) is 2.58. The summed E-state index contributed by atoms with van der Waals surface area (Å²) in [7, 11) is 0. The zero-order valence-corrected chi connectivity index (χ0v) is 11.0. The van der Waals surface area contributed by atoms with Gasteiger partial charge in [0.05, 0.1) is 0 Å². The van der Waals surface area contributed by atoms with Crippen LogP contribution in [0.4, 0.5) is 0 Å². The second-order valence-corrected chi connectivity index (χ2v) is 5.47. The normalized spacial score (nSPS) is 11.1. The molecule has 3 rings (SSSR count). The molecule has 3 heteroatoms. The quantitative estimate of drug-likeness (QED) is 0.654. The maximum atomic E-state index is 3.49. The van der Waals surface area contributed by atoms with Gasteiger partial charge in [-0.1, -0.05) is 15.9 Å². The molecule has 2 heterocycles. The molecule has 0 spiro atoms. The highest BCUT2D eigenvalue weighted by Crippen LogP contribution is 2.22. The van der Waals surface area contributed by atoms with Gasteiger partial charge in [-0.25, -0.2) is 0 Å². The van der Waals surface area contributed by atoms with E-state index >= 15 is 0 Å². The molecule has 0 atom stereocenters. The van der Waals surface area contributed by atoms with Gasteiger partial charge in [0.15, 0.2) is 0 Å². The Hall–Kier alpha value is -1.06. The van der Waals surface area contributed by atoms with Crippen LogP contribution in [0.25, 0.3) is 10.9 Å². The fraction of sp³-hybridized carbons (Fsp3) is 0.0769. The van der Waals surface area contributed by atoms with Crippen LogP contribution < -0.4 is 0 Å². The fourth-order valence-electron chi connectivity index (χ4n) is 1.89. The second-order valence-electron chi connectivity index (χ2n) is 3.78. The van der Waals surface area contributed by atoms with Crippen molar-refractivity contribution in [2.45, 2.75) is 6.54 Å². The first-order valence-electron chi connectivity index (χ1n) is 5.08. The first kappa shape index (κ1) is 10.1. The van der Waals surface area contributed by atoms with Crippen molar-refractivity contribution >= 4 is 38.2 Å². The number of thiophene rings is 1. The van der Waals surface area contributed by atoms with Gasteiger partial charge in [-0.3, -0.25) is 0 Å². The summed E-state index contributed by atoms with van der Waals surface area (Å²) >= 11 is 5.24. The van der Waals surface area contributed by atoms with Crippen LogP contribution in [-0.2, 0) is 6.54 Å². The Bertz CT molecular complexity index is 610. The van der Waals surface area contributed by atoms with Crippen molar-refractivity contribution in [2.24, 2.45) is 0 Å². The van der Waals surface area contributed by atoms with Gasteiger partial charge in [-0.05, 0) is 46.7 Å². The molecule has 0 aliphatic heterocycles. The topological polar surface area (TPSA) is 4.93 Å². The number of hydrogen-bond donors (Lipinski definition) is 0. The number of halogens is 1. The molecule has 0 saturated carbocycles. The Morgan fingerprint density at radius 3 is 2.94 bits per heavy atom. The summed E-state index contributed by atoms with van der Waals surface area (Å²) in [5.41, 5.74) is 2.65. The number of benzene rings is 1. The highest BCUT2D eigenvalue weighted by Gasteiger charge is 2.02. The summed E-state index contributed by atoms with van der Waals surface area (Å²) < 4.78 is 3.41. The zero-order valence-electron chi connectivity index (χ0n) is 8.56. The molecule has 2 aromatic heterocycles. The Balaban J connectivity index is 2.04. The van der Waals surface area contributed by atoms with E-state index in [1.807, 2.05) is 0 Å². The van der Waals surface area contributed by atoms with Gasteiger partial charge >= 0.3 is 0 Å². The molecule has 0 amide bonds. The van der Waals surface area contributed by atoms with Crippen LogP contribution in [0.1, 0.15) is 5.56 Å². The molecule has 0 aliphatic carbocycles. The van der Waals surface area contributed by atoms with E-state index in [4.69, 9.17) is 0 Å². The van der Waals surface area contributed by atoms with Gasteiger partial charge in [-0.15, -0.1) is 0 Å². The Labute approximate surface area is 106 Å². The second kappa shape index (κ2) is 4.07. The van der Waals surface area contributed by atoms with Crippen LogP contribution in [0.3, 0.4) is 0 Å². The van der Waals surface area contributed by atoms with Crippen molar-refractivity contribution in [1.29, 1.82) is 0 Å². The molecule has 80 valence electrons. The maximum Gasteiger partial charge on any atom is 0.0484 e. The average molecular weight is 292 g/mol. The predicted molar refractivity (Wildman–Crippen MR) is 73.1 cm³/mol. The Morgan fingerprint density at radius 2 is 2.12 bits per heavy atom. The zero-order chi connectivity index (χ0) is 11.0. The van der Waals surface area contributed by atoms with Gasteiger partial charge in [-0.2, -0.15) is 11.3 Å². The minimum absolute atomic E-state index is 0.953. The van der Waals surface area contributed by atoms with E-state index in [1.54, 1.807) is 11.3 Å². The molecular formula is C13H10BrNS. The van der Waals surface area contributed by atoms with Crippen molar-refractivity contribution in [3.05, 3.63) is 57.3 Å². The molecule has 3 aromatic rings. The summed E-state index contributed by atoms with van der Waals surface area (Å²) in [6.45, 7) is 0.953. The largest absolute Gasteiger partial charge is 0.343 e. The van der Waals surface area contributed by atoms with Crippen molar-refractivity contribution in [2.75, 3.05) is 0 Å². The molecule has 0 bridgehead atoms. The molecule has 0 N–H and O–H groups in total. The van der Waals surface area contributed by atoms with Gasteiger partial charge < -0.3 is 4.57 Å². The number of rotatable bonds is 2. The molecule has 0 radical (unpaired) electrons. The van der Waals surface area contributed by atoms with E-state index in [-0.39, 0.29) is 0 Å². The van der Waals surface area contributed by atoms with Crippen molar-refractivity contribution in [3.8, 4) is 0 Å². The van der Waals surface area contributed by atoms with Gasteiger partial charge in [0, 0.05) is 28.1 Å². The molecule has 0 fully saturated rings. The van der Waals surface area contributed by atoms with Gasteiger partial charge in [0.1, 0.15) is 0 Å². The molecular weight excluding hydrogens is 282 g/mol. The van der Waals surface area contributed by atoms with Crippen LogP contribution in [0, 0.1) is 0 Å². The molecule has 0 saturated heterocycles. The SMILES string of the molecule is Brc1ccc2c(ccn2Cc2ccsc2)c1. The highest BCUT2D eigenvalue weighted by molar-refractivity contribution is 9.10. The summed E-state index contributed by atoms with van der Waals surface area (Å²) in [4.78, 5) is 0. The number of aromatic nitrogens is 1. The number of hydrogen-bond acceptors (Lipinski definition) is 1. The highest BCUT2D eigenvalue weighted by atomic mass is 79.9. The number of fused-ring (bicyclic) bond motifs is 1. The number of nitrogens with zero attached hydrogens (tertiary/aromatic N) is 1. The third kappa shape index (κ3) is 1.81. The average Bonchev–Trinajstić information content (AvgIpc) is 2.89. The van der Waals surface area contributed by atoms with E-state index in [1.165, 1.54) is 16.5 Å². The van der Waals surface area contributed by atoms with Crippen LogP contribution in [0.5, 0.6) is 0 Å². The van der Waals surface area contributed by atoms with Crippen LogP contribution in [0.2, 0.25) is 0 Å². The standard InChI is InChI=1S/C13H10BrNS/c14-12-1-2-13-11(7-12)3-5-15(13)8-10-4-6-16-9-10/h1-7,9H,8H2. The van der Waals surface area contributed by atoms with Crippen molar-refractivity contribution < 1.29 is 0 Å². The molecule has 1 aromatic carbocycles. The predicted octanol–water partition coefficient (Wildman–Crippen LogP) is 4.51. The van der Waals surface area contributed by atoms with E-state index in [0.29, 0.717) is 0 Å². The smallest absolute Gasteiger partial charge is 0.0484 e. The summed E-state index contributed by atoms with van der Waals surface area (Å²) in [5.74, 6) is 0. The lowest BCUT2D eigenvalue weighted by atomic mass is 10.2. The third-order valence-electron chi connectivity index (χ3n) is 2.67. The summed E-state index contributed by atoms with van der Waals surface area (Å²) in [5, 5.41) is 5.60. The van der Waals surface area contributed by atoms with E-state index in [9.17, 15) is 0 Å². The maximum absolute atomic E-state index is 3.49. The lowest BCUT2D eigenvalue weighted by Crippen LogP contribution is -1.95. The monoisotopic (exact) mass is 291 g/mol. The Morgan fingerprint density at radius 1 is 1.19 bits per heavy atom. The first-order chi connectivity index (χ1) is 7.83. The molecule has 16 heavy (non-hydrogen) atoms. The van der Waals surface area contributed by atoms with Crippen LogP contribution in [-0.4, -0.2) is 4.57 Å². The summed E-state index contributed by atoms with van der Waals surface area (Å²) in [6.07, 6.45) is 2.15. The first-order valence-corrected chi connectivity index (χ1v) is 6.82. The molecule has 1 nitrogen and oxygen atoms in total. The van der Waals surface area contributed by atoms with Crippen molar-refractivity contribution in [3.63, 3.8) is 0 Å². The summed E-state index contributed by atoms with van der Waals surface area (Å²) in [6, 6.07) is 10.7. The lowest BCUT2D eigenvalue weighted by molar-refractivity contribution is 0.840. The van der Waals surface area contributed by atoms with E-state index < -0.39 is 0 Å². The van der Waals surface area contributed by atoms with E-state index in [0.717, 1.165) is 11.0 Å². The lowest BCUT2D eigenvalue weighted by Gasteiger charge is -2.03. The van der Waals surface area contributed by atoms with E-state index in [2.05, 4.69) is 67.8 Å². The fourth-order valence-corrected chi connectivity index (χ4v) is 2.93. The molecule has 0 aliphatic rings. The van der Waals surface area contributed by atoms with Crippen LogP contribution >= 0.6 is 27.3 Å². The molecule has 0 unspecified atom stereocenters. The van der Waals surface area contributed by atoms with Gasteiger partial charge in [0.25, 0.3) is 0 Å². The van der Waals surface area contributed by atoms with Crippen LogP contribution in [0.15, 0.2) is 51.8 Å². The minimum Gasteiger partial charge on any atom is -0.343 e. The minimum atomic E-state index is 0.953. The third-order valence-corrected chi connectivity index (χ3v) is 3.89. The van der Waals surface area contributed by atoms with Crippen molar-refractivity contribution in [1.82, 2.24) is 4.57 Å². The van der Waals surface area contributed by atoms with Gasteiger partial charge in [0.2, 0.25) is 0 Å².